The third-order valence-electron chi connectivity index (χ3n) is 2.68. The number of nitriles is 1. The van der Waals surface area contributed by atoms with Gasteiger partial charge in [-0.1, -0.05) is 6.07 Å². The molecule has 1 heterocycles. The molecule has 0 saturated heterocycles. The highest BCUT2D eigenvalue weighted by molar-refractivity contribution is 7.92. The molecule has 0 amide bonds. The number of nitrogens with zero attached hydrogens (tertiary/aromatic N) is 2. The van der Waals surface area contributed by atoms with Gasteiger partial charge in [0, 0.05) is 0 Å². The average Bonchev–Trinajstić information content (AvgIpc) is 2.75. The van der Waals surface area contributed by atoms with Crippen molar-refractivity contribution in [2.45, 2.75) is 18.7 Å². The summed E-state index contributed by atoms with van der Waals surface area (Å²) in [5.74, 6) is 0. The first-order valence-corrected chi connectivity index (χ1v) is 6.96. The van der Waals surface area contributed by atoms with E-state index in [-0.39, 0.29) is 4.90 Å². The summed E-state index contributed by atoms with van der Waals surface area (Å²) in [6, 6.07) is 6.47. The van der Waals surface area contributed by atoms with Gasteiger partial charge >= 0.3 is 0 Å². The van der Waals surface area contributed by atoms with E-state index in [1.807, 2.05) is 6.07 Å². The van der Waals surface area contributed by atoms with Gasteiger partial charge in [-0.2, -0.15) is 10.4 Å². The summed E-state index contributed by atoms with van der Waals surface area (Å²) in [5, 5.41) is 15.2. The fraction of sp³-hybridized carbons (Fsp3) is 0.167. The molecule has 0 unspecified atom stereocenters. The highest BCUT2D eigenvalue weighted by Gasteiger charge is 2.19. The van der Waals surface area contributed by atoms with Gasteiger partial charge in [-0.05, 0) is 31.5 Å². The SMILES string of the molecule is Cc1ccc(C#N)cc1S(=O)(=O)Nc1cn[nH]c1C. The summed E-state index contributed by atoms with van der Waals surface area (Å²) in [6.45, 7) is 3.39. The van der Waals surface area contributed by atoms with Crippen LogP contribution in [-0.4, -0.2) is 18.6 Å². The number of hydrogen-bond donors (Lipinski definition) is 2. The Kier molecular flexibility index (Phi) is 3.27. The van der Waals surface area contributed by atoms with E-state index in [2.05, 4.69) is 14.9 Å². The number of aromatic amines is 1. The van der Waals surface area contributed by atoms with E-state index in [1.54, 1.807) is 26.0 Å². The smallest absolute Gasteiger partial charge is 0.262 e. The summed E-state index contributed by atoms with van der Waals surface area (Å²) < 4.78 is 27.0. The fourth-order valence-corrected chi connectivity index (χ4v) is 2.99. The van der Waals surface area contributed by atoms with Crippen LogP contribution in [-0.2, 0) is 10.0 Å². The molecule has 0 aliphatic heterocycles. The normalized spacial score (nSPS) is 11.0. The minimum absolute atomic E-state index is 0.0900. The van der Waals surface area contributed by atoms with Crippen LogP contribution < -0.4 is 4.72 Å². The van der Waals surface area contributed by atoms with Crippen LogP contribution in [0.3, 0.4) is 0 Å². The van der Waals surface area contributed by atoms with E-state index in [1.165, 1.54) is 12.3 Å². The lowest BCUT2D eigenvalue weighted by molar-refractivity contribution is 0.600. The van der Waals surface area contributed by atoms with Gasteiger partial charge in [0.2, 0.25) is 0 Å². The highest BCUT2D eigenvalue weighted by Crippen LogP contribution is 2.21. The lowest BCUT2D eigenvalue weighted by atomic mass is 10.2. The van der Waals surface area contributed by atoms with Gasteiger partial charge in [0.15, 0.2) is 0 Å². The molecule has 6 nitrogen and oxygen atoms in total. The number of aromatic nitrogens is 2. The Hall–Kier alpha value is -2.33. The van der Waals surface area contributed by atoms with Crippen LogP contribution in [0.5, 0.6) is 0 Å². The van der Waals surface area contributed by atoms with E-state index < -0.39 is 10.0 Å². The average molecular weight is 276 g/mol. The fourth-order valence-electron chi connectivity index (χ4n) is 1.61. The van der Waals surface area contributed by atoms with Crippen molar-refractivity contribution in [2.24, 2.45) is 0 Å². The zero-order valence-corrected chi connectivity index (χ0v) is 11.2. The third kappa shape index (κ3) is 2.58. The van der Waals surface area contributed by atoms with Crippen molar-refractivity contribution in [3.63, 3.8) is 0 Å². The Labute approximate surface area is 111 Å². The topological polar surface area (TPSA) is 98.6 Å². The van der Waals surface area contributed by atoms with E-state index in [4.69, 9.17) is 5.26 Å². The van der Waals surface area contributed by atoms with Crippen molar-refractivity contribution in [1.29, 1.82) is 5.26 Å². The minimum atomic E-state index is -3.73. The molecule has 2 aromatic rings. The van der Waals surface area contributed by atoms with Gasteiger partial charge in [0.1, 0.15) is 0 Å². The van der Waals surface area contributed by atoms with Crippen LogP contribution in [0.2, 0.25) is 0 Å². The first-order valence-electron chi connectivity index (χ1n) is 5.47. The Morgan fingerprint density at radius 3 is 2.68 bits per heavy atom. The lowest BCUT2D eigenvalue weighted by Gasteiger charge is -2.09. The van der Waals surface area contributed by atoms with Crippen LogP contribution in [0.4, 0.5) is 5.69 Å². The highest BCUT2D eigenvalue weighted by atomic mass is 32.2. The second-order valence-corrected chi connectivity index (χ2v) is 5.76. The number of H-pyrrole nitrogens is 1. The number of nitrogens with one attached hydrogen (secondary N) is 2. The second-order valence-electron chi connectivity index (χ2n) is 4.11. The Balaban J connectivity index is 2.46. The van der Waals surface area contributed by atoms with Crippen LogP contribution in [0, 0.1) is 25.2 Å². The third-order valence-corrected chi connectivity index (χ3v) is 4.19. The van der Waals surface area contributed by atoms with Crippen molar-refractivity contribution in [2.75, 3.05) is 4.72 Å². The monoisotopic (exact) mass is 276 g/mol. The van der Waals surface area contributed by atoms with Crippen LogP contribution >= 0.6 is 0 Å². The van der Waals surface area contributed by atoms with E-state index in [9.17, 15) is 8.42 Å². The standard InChI is InChI=1S/C12H12N4O2S/c1-8-3-4-10(6-13)5-12(8)19(17,18)16-11-7-14-15-9(11)2/h3-5,7,16H,1-2H3,(H,14,15). The maximum Gasteiger partial charge on any atom is 0.262 e. The maximum atomic E-state index is 12.3. The molecule has 2 N–H and O–H groups in total. The van der Waals surface area contributed by atoms with Gasteiger partial charge < -0.3 is 0 Å². The van der Waals surface area contributed by atoms with Gasteiger partial charge in [0.05, 0.1) is 34.1 Å². The van der Waals surface area contributed by atoms with Gasteiger partial charge in [-0.25, -0.2) is 8.42 Å². The van der Waals surface area contributed by atoms with Crippen LogP contribution in [0.25, 0.3) is 0 Å². The molecule has 0 saturated carbocycles. The molecule has 2 rings (SSSR count). The largest absolute Gasteiger partial charge is 0.281 e. The molecule has 19 heavy (non-hydrogen) atoms. The zero-order valence-electron chi connectivity index (χ0n) is 10.4. The lowest BCUT2D eigenvalue weighted by Crippen LogP contribution is -2.14. The van der Waals surface area contributed by atoms with E-state index >= 15 is 0 Å². The van der Waals surface area contributed by atoms with Gasteiger partial charge in [0.25, 0.3) is 10.0 Å². The number of anilines is 1. The van der Waals surface area contributed by atoms with Crippen molar-refractivity contribution in [3.8, 4) is 6.07 Å². The van der Waals surface area contributed by atoms with E-state index in [0.717, 1.165) is 0 Å². The quantitative estimate of drug-likeness (QED) is 0.891. The van der Waals surface area contributed by atoms with Crippen molar-refractivity contribution >= 4 is 15.7 Å². The molecule has 0 atom stereocenters. The zero-order chi connectivity index (χ0) is 14.0. The first kappa shape index (κ1) is 13.1. The molecule has 0 aliphatic rings. The molecular formula is C12H12N4O2S. The Morgan fingerprint density at radius 2 is 2.11 bits per heavy atom. The molecule has 1 aromatic heterocycles. The first-order chi connectivity index (χ1) is 8.94. The molecular weight excluding hydrogens is 264 g/mol. The molecule has 0 spiro atoms. The van der Waals surface area contributed by atoms with Gasteiger partial charge in [-0.15, -0.1) is 0 Å². The number of rotatable bonds is 3. The molecule has 1 aromatic carbocycles. The van der Waals surface area contributed by atoms with Gasteiger partial charge in [-0.3, -0.25) is 9.82 Å². The van der Waals surface area contributed by atoms with Crippen LogP contribution in [0.15, 0.2) is 29.3 Å². The molecule has 0 aliphatic carbocycles. The van der Waals surface area contributed by atoms with E-state index in [0.29, 0.717) is 22.5 Å². The number of benzene rings is 1. The Bertz CT molecular complexity index is 756. The number of hydrogen-bond acceptors (Lipinski definition) is 4. The van der Waals surface area contributed by atoms with Crippen molar-refractivity contribution in [1.82, 2.24) is 10.2 Å². The maximum absolute atomic E-state index is 12.3. The van der Waals surface area contributed by atoms with Crippen molar-refractivity contribution in [3.05, 3.63) is 41.2 Å². The summed E-state index contributed by atoms with van der Waals surface area (Å²) in [5.41, 5.74) is 1.89. The predicted molar refractivity (Wildman–Crippen MR) is 70.0 cm³/mol. The second kappa shape index (κ2) is 4.74. The molecule has 0 radical (unpaired) electrons. The van der Waals surface area contributed by atoms with Crippen molar-refractivity contribution < 1.29 is 8.42 Å². The molecule has 0 bridgehead atoms. The summed E-state index contributed by atoms with van der Waals surface area (Å²) in [6.07, 6.45) is 1.40. The Morgan fingerprint density at radius 1 is 1.37 bits per heavy atom. The summed E-state index contributed by atoms with van der Waals surface area (Å²) in [7, 11) is -3.73. The minimum Gasteiger partial charge on any atom is -0.281 e. The molecule has 7 heteroatoms. The summed E-state index contributed by atoms with van der Waals surface area (Å²) in [4.78, 5) is 0.0900. The number of aryl methyl sites for hydroxylation is 2. The predicted octanol–water partition coefficient (Wildman–Crippen LogP) is 1.70. The summed E-state index contributed by atoms with van der Waals surface area (Å²) >= 11 is 0. The molecule has 0 fully saturated rings. The molecule has 98 valence electrons. The number of sulfonamides is 1. The van der Waals surface area contributed by atoms with Crippen LogP contribution in [0.1, 0.15) is 16.8 Å².